The number of nitrogens with zero attached hydrogens (tertiary/aromatic N) is 3. The van der Waals surface area contributed by atoms with Gasteiger partial charge in [-0.1, -0.05) is 60.7 Å². The molecule has 1 N–H and O–H groups in total. The highest BCUT2D eigenvalue weighted by Crippen LogP contribution is 2.32. The van der Waals surface area contributed by atoms with Crippen LogP contribution < -0.4 is 4.90 Å². The molecule has 1 fully saturated rings. The summed E-state index contributed by atoms with van der Waals surface area (Å²) in [7, 11) is 0. The minimum atomic E-state index is -0.0379. The maximum absolute atomic E-state index is 13.4. The monoisotopic (exact) mass is 454 g/mol. The molecule has 2 aromatic carbocycles. The number of carbonyl (C=O) groups excluding carboxylic acids is 1. The summed E-state index contributed by atoms with van der Waals surface area (Å²) in [6.45, 7) is 7.86. The lowest BCUT2D eigenvalue weighted by molar-refractivity contribution is 0.0299. The summed E-state index contributed by atoms with van der Waals surface area (Å²) in [5.41, 5.74) is 6.08. The third-order valence-corrected chi connectivity index (χ3v) is 6.53. The van der Waals surface area contributed by atoms with E-state index in [4.69, 9.17) is 9.72 Å². The van der Waals surface area contributed by atoms with Crippen molar-refractivity contribution in [1.82, 2.24) is 14.9 Å². The predicted octanol–water partition coefficient (Wildman–Crippen LogP) is 4.86. The van der Waals surface area contributed by atoms with Crippen LogP contribution in [0.25, 0.3) is 10.9 Å². The molecule has 4 aromatic rings. The fourth-order valence-electron chi connectivity index (χ4n) is 4.51. The number of carbonyl (C=O) groups is 1. The molecule has 1 saturated heterocycles. The van der Waals surface area contributed by atoms with Gasteiger partial charge in [-0.2, -0.15) is 0 Å². The number of H-pyrrole nitrogens is 1. The normalized spacial score (nSPS) is 13.9. The number of morpholine rings is 1. The van der Waals surface area contributed by atoms with Gasteiger partial charge in [-0.3, -0.25) is 4.79 Å². The van der Waals surface area contributed by atoms with Crippen LogP contribution in [-0.2, 0) is 17.8 Å². The Bertz CT molecular complexity index is 1240. The van der Waals surface area contributed by atoms with Gasteiger partial charge in [0, 0.05) is 37.3 Å². The fourth-order valence-corrected chi connectivity index (χ4v) is 4.51. The van der Waals surface area contributed by atoms with Gasteiger partial charge in [-0.25, -0.2) is 4.98 Å². The molecule has 0 spiro atoms. The fraction of sp³-hybridized carbons (Fsp3) is 0.286. The zero-order valence-electron chi connectivity index (χ0n) is 19.8. The Balaban J connectivity index is 1.62. The standard InChI is InChI=1S/C28H30N4O2/c1-20-21(2)29-26-24(20)17-25(28(33)31-13-15-34-16-14-31)30-27(26)32(18-22-9-5-3-6-10-22)19-23-11-7-4-8-12-23/h3-12,17,29H,13-16,18-19H2,1-2H3. The first-order valence-electron chi connectivity index (χ1n) is 11.8. The second kappa shape index (κ2) is 9.69. The van der Waals surface area contributed by atoms with Crippen molar-refractivity contribution in [3.63, 3.8) is 0 Å². The summed E-state index contributed by atoms with van der Waals surface area (Å²) < 4.78 is 5.45. The molecule has 174 valence electrons. The smallest absolute Gasteiger partial charge is 0.272 e. The van der Waals surface area contributed by atoms with Gasteiger partial charge >= 0.3 is 0 Å². The van der Waals surface area contributed by atoms with E-state index in [0.717, 1.165) is 28.0 Å². The lowest BCUT2D eigenvalue weighted by Gasteiger charge is -2.28. The van der Waals surface area contributed by atoms with Crippen molar-refractivity contribution in [2.24, 2.45) is 0 Å². The summed E-state index contributed by atoms with van der Waals surface area (Å²) in [4.78, 5) is 26.1. The van der Waals surface area contributed by atoms with E-state index < -0.39 is 0 Å². The summed E-state index contributed by atoms with van der Waals surface area (Å²) >= 11 is 0. The Hall–Kier alpha value is -3.64. The molecule has 0 saturated carbocycles. The van der Waals surface area contributed by atoms with Crippen molar-refractivity contribution in [3.8, 4) is 0 Å². The number of pyridine rings is 1. The molecule has 0 bridgehead atoms. The van der Waals surface area contributed by atoms with Crippen LogP contribution in [0.5, 0.6) is 0 Å². The number of nitrogens with one attached hydrogen (secondary N) is 1. The molecule has 0 atom stereocenters. The number of anilines is 1. The predicted molar refractivity (Wildman–Crippen MR) is 135 cm³/mol. The van der Waals surface area contributed by atoms with Crippen LogP contribution in [0.3, 0.4) is 0 Å². The molecule has 1 aliphatic heterocycles. The number of hydrogen-bond donors (Lipinski definition) is 1. The number of ether oxygens (including phenoxy) is 1. The Morgan fingerprint density at radius 2 is 1.56 bits per heavy atom. The van der Waals surface area contributed by atoms with E-state index in [0.29, 0.717) is 45.1 Å². The molecule has 3 heterocycles. The summed E-state index contributed by atoms with van der Waals surface area (Å²) in [5, 5.41) is 1.05. The maximum atomic E-state index is 13.4. The third-order valence-electron chi connectivity index (χ3n) is 6.53. The minimum absolute atomic E-state index is 0.0379. The summed E-state index contributed by atoms with van der Waals surface area (Å²) in [6, 6.07) is 22.7. The maximum Gasteiger partial charge on any atom is 0.272 e. The number of rotatable bonds is 6. The topological polar surface area (TPSA) is 61.5 Å². The molecule has 0 radical (unpaired) electrons. The zero-order valence-corrected chi connectivity index (χ0v) is 19.8. The number of aromatic nitrogens is 2. The van der Waals surface area contributed by atoms with E-state index in [9.17, 15) is 4.79 Å². The van der Waals surface area contributed by atoms with Gasteiger partial charge in [0.1, 0.15) is 5.69 Å². The highest BCUT2D eigenvalue weighted by Gasteiger charge is 2.24. The number of fused-ring (bicyclic) bond motifs is 1. The van der Waals surface area contributed by atoms with E-state index in [1.807, 2.05) is 23.1 Å². The second-order valence-electron chi connectivity index (χ2n) is 8.86. The largest absolute Gasteiger partial charge is 0.378 e. The Morgan fingerprint density at radius 1 is 0.971 bits per heavy atom. The molecule has 1 amide bonds. The van der Waals surface area contributed by atoms with Crippen LogP contribution in [0.4, 0.5) is 5.82 Å². The van der Waals surface area contributed by atoms with Crippen LogP contribution in [0, 0.1) is 13.8 Å². The Labute approximate surface area is 200 Å². The first kappa shape index (κ1) is 22.2. The number of amides is 1. The van der Waals surface area contributed by atoms with Gasteiger partial charge in [-0.15, -0.1) is 0 Å². The highest BCUT2D eigenvalue weighted by molar-refractivity contribution is 6.01. The SMILES string of the molecule is Cc1[nH]c2c(N(Cc3ccccc3)Cc3ccccc3)nc(C(=O)N3CCOCC3)cc2c1C. The number of aryl methyl sites for hydroxylation is 2. The van der Waals surface area contributed by atoms with Gasteiger partial charge < -0.3 is 19.5 Å². The van der Waals surface area contributed by atoms with E-state index in [1.54, 1.807) is 0 Å². The van der Waals surface area contributed by atoms with Crippen LogP contribution in [0.15, 0.2) is 66.7 Å². The van der Waals surface area contributed by atoms with Gasteiger partial charge in [0.25, 0.3) is 5.91 Å². The molecule has 6 nitrogen and oxygen atoms in total. The van der Waals surface area contributed by atoms with E-state index >= 15 is 0 Å². The van der Waals surface area contributed by atoms with Crippen LogP contribution in [-0.4, -0.2) is 47.1 Å². The Kier molecular flexibility index (Phi) is 6.32. The quantitative estimate of drug-likeness (QED) is 0.452. The van der Waals surface area contributed by atoms with E-state index in [1.165, 1.54) is 11.1 Å². The first-order chi connectivity index (χ1) is 16.6. The lowest BCUT2D eigenvalue weighted by Crippen LogP contribution is -2.41. The molecule has 2 aromatic heterocycles. The van der Waals surface area contributed by atoms with E-state index in [2.05, 4.69) is 72.3 Å². The second-order valence-corrected chi connectivity index (χ2v) is 8.86. The first-order valence-corrected chi connectivity index (χ1v) is 11.8. The highest BCUT2D eigenvalue weighted by atomic mass is 16.5. The van der Waals surface area contributed by atoms with Crippen molar-refractivity contribution in [1.29, 1.82) is 0 Å². The molecular formula is C28H30N4O2. The third kappa shape index (κ3) is 4.54. The van der Waals surface area contributed by atoms with Crippen molar-refractivity contribution >= 4 is 22.6 Å². The molecule has 0 aliphatic carbocycles. The Morgan fingerprint density at radius 3 is 2.15 bits per heavy atom. The summed E-state index contributed by atoms with van der Waals surface area (Å²) in [5.74, 6) is 0.766. The van der Waals surface area contributed by atoms with Crippen LogP contribution in [0.2, 0.25) is 0 Å². The van der Waals surface area contributed by atoms with Gasteiger partial charge in [0.15, 0.2) is 5.82 Å². The van der Waals surface area contributed by atoms with Crippen molar-refractivity contribution < 1.29 is 9.53 Å². The summed E-state index contributed by atoms with van der Waals surface area (Å²) in [6.07, 6.45) is 0. The van der Waals surface area contributed by atoms with Gasteiger partial charge in [-0.05, 0) is 36.6 Å². The van der Waals surface area contributed by atoms with E-state index in [-0.39, 0.29) is 5.91 Å². The zero-order chi connectivity index (χ0) is 23.5. The lowest BCUT2D eigenvalue weighted by atomic mass is 10.1. The molecule has 5 rings (SSSR count). The van der Waals surface area contributed by atoms with Crippen molar-refractivity contribution in [2.75, 3.05) is 31.2 Å². The number of hydrogen-bond acceptors (Lipinski definition) is 4. The van der Waals surface area contributed by atoms with Crippen molar-refractivity contribution in [3.05, 3.63) is 94.8 Å². The average Bonchev–Trinajstić information content (AvgIpc) is 3.17. The van der Waals surface area contributed by atoms with Gasteiger partial charge in [0.2, 0.25) is 0 Å². The van der Waals surface area contributed by atoms with Crippen LogP contribution >= 0.6 is 0 Å². The minimum Gasteiger partial charge on any atom is -0.378 e. The number of benzene rings is 2. The molecule has 0 unspecified atom stereocenters. The molecule has 34 heavy (non-hydrogen) atoms. The molecule has 1 aliphatic rings. The van der Waals surface area contributed by atoms with Crippen LogP contribution in [0.1, 0.15) is 32.9 Å². The van der Waals surface area contributed by atoms with Gasteiger partial charge in [0.05, 0.1) is 18.7 Å². The van der Waals surface area contributed by atoms with Crippen molar-refractivity contribution in [2.45, 2.75) is 26.9 Å². The average molecular weight is 455 g/mol. The number of aromatic amines is 1. The molecular weight excluding hydrogens is 424 g/mol. The molecule has 6 heteroatoms.